The highest BCUT2D eigenvalue weighted by Gasteiger charge is 2.19. The first-order valence-corrected chi connectivity index (χ1v) is 14.9. The van der Waals surface area contributed by atoms with Gasteiger partial charge < -0.3 is 16.2 Å². The molecule has 19 nitrogen and oxygen atoms in total. The van der Waals surface area contributed by atoms with Crippen LogP contribution in [-0.4, -0.2) is 43.5 Å². The molecule has 3 aromatic carbocycles. The van der Waals surface area contributed by atoms with Gasteiger partial charge in [-0.1, -0.05) is 29.0 Å². The Hall–Kier alpha value is -5.42. The van der Waals surface area contributed by atoms with Gasteiger partial charge in [0.25, 0.3) is 16.1 Å². The van der Waals surface area contributed by atoms with E-state index in [4.69, 9.17) is 29.1 Å². The molecular weight excluding hydrogens is 683 g/mol. The molecule has 0 radical (unpaired) electrons. The number of aromatic nitrogens is 3. The van der Waals surface area contributed by atoms with Gasteiger partial charge >= 0.3 is 0 Å². The quantitative estimate of drug-likeness (QED) is 0.0123. The Morgan fingerprint density at radius 2 is 1.72 bits per heavy atom. The lowest BCUT2D eigenvalue weighted by Crippen LogP contribution is -2.15. The molecular formula is C25H17N9O10S3. The van der Waals surface area contributed by atoms with Crippen LogP contribution in [0.4, 0.5) is 40.6 Å². The van der Waals surface area contributed by atoms with Gasteiger partial charge in [-0.05, 0) is 41.8 Å². The van der Waals surface area contributed by atoms with E-state index in [1.54, 1.807) is 12.1 Å². The highest BCUT2D eigenvalue weighted by Crippen LogP contribution is 2.42. The van der Waals surface area contributed by atoms with Gasteiger partial charge in [-0.15, -0.1) is 18.9 Å². The minimum Gasteiger partial charge on any atom is -0.507 e. The molecule has 240 valence electrons. The van der Waals surface area contributed by atoms with E-state index in [9.17, 15) is 18.1 Å². The van der Waals surface area contributed by atoms with E-state index >= 15 is 0 Å². The summed E-state index contributed by atoms with van der Waals surface area (Å²) < 4.78 is 43.2. The predicted molar refractivity (Wildman–Crippen MR) is 168 cm³/mol. The molecule has 0 atom stereocenters. The van der Waals surface area contributed by atoms with Gasteiger partial charge in [-0.25, -0.2) is 10.5 Å². The number of nitrogens with two attached hydrogens (primary N) is 1. The molecule has 0 aliphatic rings. The van der Waals surface area contributed by atoms with Crippen LogP contribution in [0.2, 0.25) is 0 Å². The molecule has 0 unspecified atom stereocenters. The van der Waals surface area contributed by atoms with E-state index in [1.165, 1.54) is 24.3 Å². The molecule has 4 rings (SSSR count). The summed E-state index contributed by atoms with van der Waals surface area (Å²) >= 11 is 1.03. The third-order valence-electron chi connectivity index (χ3n) is 5.40. The molecule has 4 aromatic rings. The number of anilines is 5. The highest BCUT2D eigenvalue weighted by atomic mass is 32.2. The zero-order valence-electron chi connectivity index (χ0n) is 22.9. The van der Waals surface area contributed by atoms with Gasteiger partial charge in [-0.3, -0.25) is 9.87 Å². The van der Waals surface area contributed by atoms with Crippen LogP contribution in [0.5, 0.6) is 5.75 Å². The van der Waals surface area contributed by atoms with Crippen LogP contribution in [0.3, 0.4) is 0 Å². The van der Waals surface area contributed by atoms with Crippen LogP contribution >= 0.6 is 24.1 Å². The second-order valence-corrected chi connectivity index (χ2v) is 10.9. The first-order chi connectivity index (χ1) is 22.6. The van der Waals surface area contributed by atoms with Crippen molar-refractivity contribution in [2.24, 2.45) is 10.2 Å². The summed E-state index contributed by atoms with van der Waals surface area (Å²) in [6.07, 6.45) is 10.8. The van der Waals surface area contributed by atoms with Gasteiger partial charge in [0.1, 0.15) is 34.1 Å². The molecule has 0 aliphatic carbocycles. The maximum absolute atomic E-state index is 12.4. The molecule has 0 bridgehead atoms. The number of hydrogen-bond acceptors (Lipinski definition) is 20. The number of nitrogen functional groups attached to an aromatic ring is 1. The van der Waals surface area contributed by atoms with E-state index in [2.05, 4.69) is 77.9 Å². The number of terminal acetylenes is 2. The van der Waals surface area contributed by atoms with E-state index in [0.29, 0.717) is 34.4 Å². The summed E-state index contributed by atoms with van der Waals surface area (Å²) in [5.74, 6) is -0.850. The summed E-state index contributed by atoms with van der Waals surface area (Å²) in [6.45, 7) is 0. The van der Waals surface area contributed by atoms with Crippen LogP contribution in [0, 0.1) is 36.2 Å². The lowest BCUT2D eigenvalue weighted by atomic mass is 10.1. The molecule has 8 N–H and O–H groups in total. The maximum atomic E-state index is 12.4. The van der Waals surface area contributed by atoms with Crippen molar-refractivity contribution in [1.29, 1.82) is 0 Å². The van der Waals surface area contributed by atoms with Crippen LogP contribution in [-0.2, 0) is 28.9 Å². The van der Waals surface area contributed by atoms with Crippen molar-refractivity contribution < 1.29 is 47.3 Å². The third-order valence-corrected chi connectivity index (χ3v) is 7.15. The van der Waals surface area contributed by atoms with Crippen molar-refractivity contribution in [3.05, 3.63) is 42.5 Å². The first-order valence-electron chi connectivity index (χ1n) is 12.0. The van der Waals surface area contributed by atoms with Crippen molar-refractivity contribution >= 4 is 85.6 Å². The number of phenols is 1. The van der Waals surface area contributed by atoms with Crippen molar-refractivity contribution in [2.45, 2.75) is 9.79 Å². The Balaban J connectivity index is 1.71. The molecule has 0 saturated carbocycles. The van der Waals surface area contributed by atoms with Crippen molar-refractivity contribution in [1.82, 2.24) is 15.0 Å². The van der Waals surface area contributed by atoms with Crippen molar-refractivity contribution in [2.75, 3.05) is 21.3 Å². The Morgan fingerprint density at radius 1 is 0.979 bits per heavy atom. The summed E-state index contributed by atoms with van der Waals surface area (Å²) in [5, 5.41) is 50.4. The maximum Gasteiger partial charge on any atom is 0.296 e. The van der Waals surface area contributed by atoms with E-state index < -0.39 is 15.0 Å². The fourth-order valence-corrected chi connectivity index (χ4v) is 4.85. The van der Waals surface area contributed by atoms with Gasteiger partial charge in [-0.2, -0.15) is 28.3 Å². The number of phenolic OH excluding ortho intramolecular Hbond substituents is 1. The molecule has 0 aliphatic heterocycles. The number of benzene rings is 3. The largest absolute Gasteiger partial charge is 0.507 e. The first kappa shape index (κ1) is 34.5. The van der Waals surface area contributed by atoms with Gasteiger partial charge in [0, 0.05) is 34.0 Å². The van der Waals surface area contributed by atoms with Crippen LogP contribution < -0.4 is 21.3 Å². The van der Waals surface area contributed by atoms with Crippen molar-refractivity contribution in [3.63, 3.8) is 0 Å². The number of rotatable bonds is 12. The van der Waals surface area contributed by atoms with Gasteiger partial charge in [0.05, 0.1) is 23.1 Å². The average molecular weight is 700 g/mol. The highest BCUT2D eigenvalue weighted by molar-refractivity contribution is 7.99. The fourth-order valence-electron chi connectivity index (χ4n) is 3.60. The minimum atomic E-state index is -4.90. The van der Waals surface area contributed by atoms with Gasteiger partial charge in [0.2, 0.25) is 11.9 Å². The monoisotopic (exact) mass is 699 g/mol. The number of azo groups is 1. The molecule has 1 heterocycles. The van der Waals surface area contributed by atoms with E-state index in [1.807, 2.05) is 0 Å². The van der Waals surface area contributed by atoms with Crippen LogP contribution in [0.25, 0.3) is 10.8 Å². The second-order valence-electron chi connectivity index (χ2n) is 8.21. The van der Waals surface area contributed by atoms with Crippen LogP contribution in [0.15, 0.2) is 62.5 Å². The average Bonchev–Trinajstić information content (AvgIpc) is 3.04. The smallest absolute Gasteiger partial charge is 0.296 e. The number of hydrogen-bond donors (Lipinski definition) is 7. The van der Waals surface area contributed by atoms with E-state index in [-0.39, 0.29) is 51.7 Å². The Morgan fingerprint density at radius 3 is 2.43 bits per heavy atom. The molecule has 47 heavy (non-hydrogen) atoms. The lowest BCUT2D eigenvalue weighted by Gasteiger charge is -2.12. The number of fused-ring (bicyclic) bond motifs is 1. The standard InChI is InChI=1S/C25H17N9O10S3/c1-3-34(4-2)25-30-23(27-9-10-45-43-41-36)29-24(31-25)28-15-6-8-18(20(12-15)47(38,39)40)32-33-22-17(26)7-5-14-11-16(46-44-42-37)13-19(35)21(14)22/h1-2,5-8,11-13,35-37H,26H2,(H,38,39,40)(H2,27,28,29,30,31). The molecule has 0 spiro atoms. The SMILES string of the molecule is C#CN(C#C)c1nc(NC#CSOOO)nc(Nc2ccc(N=Nc3c(N)ccc4cc(SOOO)cc(O)c34)c(S(=O)(=O)O)c2)n1. The van der Waals surface area contributed by atoms with Crippen molar-refractivity contribution in [3.8, 4) is 42.0 Å². The summed E-state index contributed by atoms with van der Waals surface area (Å²) in [5.41, 5.74) is 5.89. The predicted octanol–water partition coefficient (Wildman–Crippen LogP) is 4.53. The second kappa shape index (κ2) is 15.7. The molecule has 1 aromatic heterocycles. The zero-order valence-corrected chi connectivity index (χ0v) is 25.4. The normalized spacial score (nSPS) is 11.0. The minimum absolute atomic E-state index is 0.0133. The topological polar surface area (TPSA) is 269 Å². The zero-order chi connectivity index (χ0) is 34.0. The fraction of sp³-hybridized carbons (Fsp3) is 0. The van der Waals surface area contributed by atoms with Crippen LogP contribution in [0.1, 0.15) is 0 Å². The number of aromatic hydroxyl groups is 1. The number of nitrogens with zero attached hydrogens (tertiary/aromatic N) is 6. The molecule has 0 amide bonds. The Labute approximate surface area is 273 Å². The third kappa shape index (κ3) is 8.86. The summed E-state index contributed by atoms with van der Waals surface area (Å²) in [4.78, 5) is 12.8. The Bertz CT molecular complexity index is 2080. The molecule has 22 heteroatoms. The summed E-state index contributed by atoms with van der Waals surface area (Å²) in [7, 11) is -4.90. The number of nitrogens with one attached hydrogen (secondary N) is 2. The Kier molecular flexibility index (Phi) is 11.5. The summed E-state index contributed by atoms with van der Waals surface area (Å²) in [6, 6.07) is 16.2. The molecule has 0 fully saturated rings. The van der Waals surface area contributed by atoms with E-state index in [0.717, 1.165) is 11.0 Å². The van der Waals surface area contributed by atoms with Gasteiger partial charge in [0.15, 0.2) is 0 Å². The lowest BCUT2D eigenvalue weighted by molar-refractivity contribution is -0.432. The molecule has 0 saturated heterocycles.